The molecule has 0 saturated carbocycles. The molecule has 1 heterocycles. The molecule has 2 unspecified atom stereocenters. The van der Waals surface area contributed by atoms with Gasteiger partial charge in [-0.2, -0.15) is 0 Å². The predicted molar refractivity (Wildman–Crippen MR) is 68.1 cm³/mol. The van der Waals surface area contributed by atoms with Crippen LogP contribution in [0.15, 0.2) is 24.3 Å². The van der Waals surface area contributed by atoms with Crippen LogP contribution in [0, 0.1) is 0 Å². The van der Waals surface area contributed by atoms with Gasteiger partial charge in [-0.05, 0) is 24.6 Å². The molecule has 0 aromatic heterocycles. The van der Waals surface area contributed by atoms with Crippen molar-refractivity contribution in [3.05, 3.63) is 35.4 Å². The van der Waals surface area contributed by atoms with Crippen molar-refractivity contribution in [2.24, 2.45) is 0 Å². The molecule has 0 bridgehead atoms. The number of amides is 1. The van der Waals surface area contributed by atoms with Crippen LogP contribution in [0.1, 0.15) is 28.9 Å². The highest BCUT2D eigenvalue weighted by Crippen LogP contribution is 2.14. The summed E-state index contributed by atoms with van der Waals surface area (Å²) >= 11 is 0. The van der Waals surface area contributed by atoms with Crippen molar-refractivity contribution >= 4 is 12.1 Å². The Labute approximate surface area is 110 Å². The zero-order valence-corrected chi connectivity index (χ0v) is 10.6. The summed E-state index contributed by atoms with van der Waals surface area (Å²) in [5, 5.41) is 14.6. The third-order valence-electron chi connectivity index (χ3n) is 3.06. The van der Waals surface area contributed by atoms with Gasteiger partial charge in [0.1, 0.15) is 6.10 Å². The van der Waals surface area contributed by atoms with E-state index in [-0.39, 0.29) is 23.8 Å². The van der Waals surface area contributed by atoms with Crippen LogP contribution in [0.25, 0.3) is 0 Å². The summed E-state index contributed by atoms with van der Waals surface area (Å²) in [5.74, 6) is -0.934. The van der Waals surface area contributed by atoms with Crippen molar-refractivity contribution in [2.75, 3.05) is 13.1 Å². The number of rotatable bonds is 5. The lowest BCUT2D eigenvalue weighted by Crippen LogP contribution is -2.31. The number of aromatic carboxylic acids is 1. The van der Waals surface area contributed by atoms with E-state index in [1.807, 2.05) is 6.92 Å². The van der Waals surface area contributed by atoms with E-state index in [1.54, 1.807) is 24.3 Å². The number of carbonyl (C=O) groups excluding carboxylic acids is 1. The van der Waals surface area contributed by atoms with Crippen LogP contribution >= 0.6 is 0 Å². The minimum atomic E-state index is -0.934. The third-order valence-corrected chi connectivity index (χ3v) is 3.06. The number of carbonyl (C=O) groups is 2. The number of carboxylic acids is 1. The van der Waals surface area contributed by atoms with Crippen molar-refractivity contribution in [3.63, 3.8) is 0 Å². The molecule has 1 aromatic carbocycles. The summed E-state index contributed by atoms with van der Waals surface area (Å²) in [6.45, 7) is 3.04. The largest absolute Gasteiger partial charge is 0.478 e. The standard InChI is InChI=1S/C13H16N2O4/c1-8(14-6-11-7-15-13(18)19-11)9-2-4-10(5-3-9)12(16)17/h2-5,8,11,14H,6-7H2,1H3,(H,15,18)(H,16,17). The zero-order chi connectivity index (χ0) is 13.8. The highest BCUT2D eigenvalue weighted by molar-refractivity contribution is 5.87. The van der Waals surface area contributed by atoms with Crippen molar-refractivity contribution in [2.45, 2.75) is 19.1 Å². The SMILES string of the molecule is CC(NCC1CNC(=O)O1)c1ccc(C(=O)O)cc1. The van der Waals surface area contributed by atoms with E-state index in [1.165, 1.54) is 0 Å². The van der Waals surface area contributed by atoms with E-state index in [0.29, 0.717) is 13.1 Å². The summed E-state index contributed by atoms with van der Waals surface area (Å²) in [6.07, 6.45) is -0.543. The van der Waals surface area contributed by atoms with E-state index in [0.717, 1.165) is 5.56 Å². The minimum Gasteiger partial charge on any atom is -0.478 e. The Bertz CT molecular complexity index is 472. The van der Waals surface area contributed by atoms with Crippen LogP contribution < -0.4 is 10.6 Å². The van der Waals surface area contributed by atoms with Gasteiger partial charge in [-0.25, -0.2) is 9.59 Å². The Morgan fingerprint density at radius 2 is 2.21 bits per heavy atom. The van der Waals surface area contributed by atoms with Crippen LogP contribution in [0.5, 0.6) is 0 Å². The quantitative estimate of drug-likeness (QED) is 0.742. The fourth-order valence-electron chi connectivity index (χ4n) is 1.89. The molecule has 102 valence electrons. The molecule has 1 aromatic rings. The highest BCUT2D eigenvalue weighted by Gasteiger charge is 2.22. The van der Waals surface area contributed by atoms with Gasteiger partial charge in [0, 0.05) is 12.6 Å². The lowest BCUT2D eigenvalue weighted by atomic mass is 10.1. The number of ether oxygens (including phenoxy) is 1. The van der Waals surface area contributed by atoms with Crippen LogP contribution in [0.4, 0.5) is 4.79 Å². The molecule has 2 rings (SSSR count). The van der Waals surface area contributed by atoms with Gasteiger partial charge >= 0.3 is 12.1 Å². The zero-order valence-electron chi connectivity index (χ0n) is 10.6. The molecule has 3 N–H and O–H groups in total. The van der Waals surface area contributed by atoms with Gasteiger partial charge in [-0.3, -0.25) is 0 Å². The number of carboxylic acid groups (broad SMARTS) is 1. The third kappa shape index (κ3) is 3.45. The van der Waals surface area contributed by atoms with E-state index in [2.05, 4.69) is 10.6 Å². The maximum Gasteiger partial charge on any atom is 0.407 e. The Hall–Kier alpha value is -2.08. The highest BCUT2D eigenvalue weighted by atomic mass is 16.6. The van der Waals surface area contributed by atoms with Crippen LogP contribution in [0.2, 0.25) is 0 Å². The van der Waals surface area contributed by atoms with E-state index in [4.69, 9.17) is 9.84 Å². The summed E-state index contributed by atoms with van der Waals surface area (Å²) in [4.78, 5) is 21.6. The molecule has 1 aliphatic heterocycles. The number of hydrogen-bond donors (Lipinski definition) is 3. The fourth-order valence-corrected chi connectivity index (χ4v) is 1.89. The van der Waals surface area contributed by atoms with E-state index in [9.17, 15) is 9.59 Å². The number of benzene rings is 1. The topological polar surface area (TPSA) is 87.7 Å². The lowest BCUT2D eigenvalue weighted by molar-refractivity contribution is 0.0696. The second-order valence-corrected chi connectivity index (χ2v) is 4.47. The minimum absolute atomic E-state index is 0.0575. The van der Waals surface area contributed by atoms with Crippen molar-refractivity contribution < 1.29 is 19.4 Å². The van der Waals surface area contributed by atoms with Gasteiger partial charge < -0.3 is 20.5 Å². The monoisotopic (exact) mass is 264 g/mol. The molecule has 6 nitrogen and oxygen atoms in total. The van der Waals surface area contributed by atoms with Crippen molar-refractivity contribution in [1.82, 2.24) is 10.6 Å². The molecule has 19 heavy (non-hydrogen) atoms. The first-order chi connectivity index (χ1) is 9.06. The molecular formula is C13H16N2O4. The Balaban J connectivity index is 1.87. The Morgan fingerprint density at radius 1 is 1.53 bits per heavy atom. The second-order valence-electron chi connectivity index (χ2n) is 4.47. The molecule has 0 aliphatic carbocycles. The molecule has 1 aliphatic rings. The van der Waals surface area contributed by atoms with Gasteiger partial charge in [-0.15, -0.1) is 0 Å². The lowest BCUT2D eigenvalue weighted by Gasteiger charge is -2.16. The number of alkyl carbamates (subject to hydrolysis) is 1. The first kappa shape index (κ1) is 13.4. The predicted octanol–water partition coefficient (Wildman–Crippen LogP) is 1.14. The summed E-state index contributed by atoms with van der Waals surface area (Å²) in [5.41, 5.74) is 1.26. The van der Waals surface area contributed by atoms with Gasteiger partial charge in [0.05, 0.1) is 12.1 Å². The van der Waals surface area contributed by atoms with E-state index >= 15 is 0 Å². The van der Waals surface area contributed by atoms with Gasteiger partial charge in [0.15, 0.2) is 0 Å². The molecule has 6 heteroatoms. The smallest absolute Gasteiger partial charge is 0.407 e. The van der Waals surface area contributed by atoms with E-state index < -0.39 is 5.97 Å². The first-order valence-corrected chi connectivity index (χ1v) is 6.07. The first-order valence-electron chi connectivity index (χ1n) is 6.07. The normalized spacial score (nSPS) is 19.6. The summed E-state index contributed by atoms with van der Waals surface area (Å²) < 4.78 is 5.01. The van der Waals surface area contributed by atoms with Gasteiger partial charge in [-0.1, -0.05) is 12.1 Å². The molecule has 1 amide bonds. The molecule has 1 saturated heterocycles. The molecule has 1 fully saturated rings. The van der Waals surface area contributed by atoms with Gasteiger partial charge in [0.2, 0.25) is 0 Å². The second kappa shape index (κ2) is 5.71. The molecule has 0 spiro atoms. The van der Waals surface area contributed by atoms with Crippen molar-refractivity contribution in [3.8, 4) is 0 Å². The van der Waals surface area contributed by atoms with Gasteiger partial charge in [0.25, 0.3) is 0 Å². The summed E-state index contributed by atoms with van der Waals surface area (Å²) in [7, 11) is 0. The molecular weight excluding hydrogens is 248 g/mol. The number of nitrogens with one attached hydrogen (secondary N) is 2. The van der Waals surface area contributed by atoms with Crippen LogP contribution in [-0.4, -0.2) is 36.4 Å². The fraction of sp³-hybridized carbons (Fsp3) is 0.385. The average Bonchev–Trinajstić information content (AvgIpc) is 2.82. The Kier molecular flexibility index (Phi) is 4.01. The van der Waals surface area contributed by atoms with Crippen LogP contribution in [0.3, 0.4) is 0 Å². The Morgan fingerprint density at radius 3 is 2.74 bits per heavy atom. The van der Waals surface area contributed by atoms with Crippen LogP contribution in [-0.2, 0) is 4.74 Å². The maximum atomic E-state index is 10.9. The van der Waals surface area contributed by atoms with Crippen molar-refractivity contribution in [1.29, 1.82) is 0 Å². The average molecular weight is 264 g/mol. The number of cyclic esters (lactones) is 1. The maximum absolute atomic E-state index is 10.9. The molecule has 2 atom stereocenters. The number of hydrogen-bond acceptors (Lipinski definition) is 4. The summed E-state index contributed by atoms with van der Waals surface area (Å²) in [6, 6.07) is 6.77. The molecule has 0 radical (unpaired) electrons.